The molecular formula is C32H26O3Si2. The van der Waals surface area contributed by atoms with Gasteiger partial charge in [-0.2, -0.15) is 0 Å². The Morgan fingerprint density at radius 3 is 1.22 bits per heavy atom. The first kappa shape index (κ1) is 23.5. The van der Waals surface area contributed by atoms with Gasteiger partial charge in [-0.15, -0.1) is 0 Å². The molecule has 0 spiro atoms. The Hall–Kier alpha value is -3.85. The second-order valence-corrected chi connectivity index (χ2v) is 14.8. The fraction of sp³-hybridized carbons (Fsp3) is 0. The average Bonchev–Trinajstić information content (AvgIpc) is 2.97. The number of benzene rings is 6. The van der Waals surface area contributed by atoms with Crippen molar-refractivity contribution < 1.29 is 13.7 Å². The molecule has 0 unspecified atom stereocenters. The van der Waals surface area contributed by atoms with Crippen LogP contribution in [-0.2, 0) is 4.12 Å². The summed E-state index contributed by atoms with van der Waals surface area (Å²) in [7, 11) is -7.89. The standard InChI is InChI=1S/C32H26O3Si2/c33-36(27-17-3-1-4-18-27,28-19-5-2-6-20-28)35-37(34,31-23-11-15-25-13-7-9-21-29(25)31)32-24-12-16-26-14-8-10-22-30(26)32/h1-24,33-34H. The average molecular weight is 515 g/mol. The van der Waals surface area contributed by atoms with Crippen LogP contribution in [0.5, 0.6) is 0 Å². The molecule has 0 fully saturated rings. The minimum absolute atomic E-state index is 0.688. The Balaban J connectivity index is 1.67. The lowest BCUT2D eigenvalue weighted by atomic mass is 10.1. The Bertz CT molecular complexity index is 1560. The van der Waals surface area contributed by atoms with E-state index in [2.05, 4.69) is 0 Å². The van der Waals surface area contributed by atoms with E-state index in [1.807, 2.05) is 146 Å². The van der Waals surface area contributed by atoms with Gasteiger partial charge in [0.15, 0.2) is 0 Å². The molecule has 0 saturated carbocycles. The molecule has 0 aromatic heterocycles. The second-order valence-electron chi connectivity index (χ2n) is 9.18. The number of fused-ring (bicyclic) bond motifs is 2. The largest absolute Gasteiger partial charge is 0.404 e. The van der Waals surface area contributed by atoms with Gasteiger partial charge < -0.3 is 13.7 Å². The van der Waals surface area contributed by atoms with E-state index in [9.17, 15) is 9.59 Å². The quantitative estimate of drug-likeness (QED) is 0.333. The zero-order chi connectivity index (χ0) is 25.3. The minimum atomic E-state index is -4.02. The Kier molecular flexibility index (Phi) is 6.08. The van der Waals surface area contributed by atoms with E-state index in [4.69, 9.17) is 4.12 Å². The SMILES string of the molecule is O[Si](O[Si](O)(c1cccc2ccccc12)c1cccc2ccccc12)(c1ccccc1)c1ccccc1. The van der Waals surface area contributed by atoms with E-state index < -0.39 is 17.1 Å². The zero-order valence-corrected chi connectivity index (χ0v) is 22.2. The van der Waals surface area contributed by atoms with Crippen LogP contribution in [0.15, 0.2) is 146 Å². The van der Waals surface area contributed by atoms with Crippen LogP contribution in [0, 0.1) is 0 Å². The monoisotopic (exact) mass is 514 g/mol. The fourth-order valence-electron chi connectivity index (χ4n) is 5.12. The molecule has 180 valence electrons. The van der Waals surface area contributed by atoms with Crippen molar-refractivity contribution in [1.29, 1.82) is 0 Å². The molecule has 37 heavy (non-hydrogen) atoms. The van der Waals surface area contributed by atoms with Gasteiger partial charge in [-0.3, -0.25) is 0 Å². The van der Waals surface area contributed by atoms with E-state index in [1.54, 1.807) is 0 Å². The maximum Gasteiger partial charge on any atom is 0.397 e. The maximum atomic E-state index is 13.0. The molecule has 0 atom stereocenters. The molecule has 0 bridgehead atoms. The van der Waals surface area contributed by atoms with Crippen molar-refractivity contribution in [2.24, 2.45) is 0 Å². The summed E-state index contributed by atoms with van der Waals surface area (Å²) in [6.45, 7) is 0. The summed E-state index contributed by atoms with van der Waals surface area (Å²) < 4.78 is 6.97. The molecule has 0 heterocycles. The van der Waals surface area contributed by atoms with Crippen LogP contribution in [0.2, 0.25) is 0 Å². The third-order valence-electron chi connectivity index (χ3n) is 6.93. The summed E-state index contributed by atoms with van der Waals surface area (Å²) in [4.78, 5) is 25.5. The summed E-state index contributed by atoms with van der Waals surface area (Å²) in [5, 5.41) is 6.69. The van der Waals surface area contributed by atoms with Crippen LogP contribution in [0.4, 0.5) is 0 Å². The van der Waals surface area contributed by atoms with Crippen molar-refractivity contribution >= 4 is 59.4 Å². The lowest BCUT2D eigenvalue weighted by molar-refractivity contribution is 0.347. The predicted octanol–water partition coefficient (Wildman–Crippen LogP) is 3.81. The summed E-state index contributed by atoms with van der Waals surface area (Å²) in [6, 6.07) is 46.9. The molecule has 6 rings (SSSR count). The van der Waals surface area contributed by atoms with Crippen molar-refractivity contribution in [1.82, 2.24) is 0 Å². The highest BCUT2D eigenvalue weighted by Crippen LogP contribution is 2.22. The van der Waals surface area contributed by atoms with Gasteiger partial charge in [0, 0.05) is 10.4 Å². The van der Waals surface area contributed by atoms with E-state index in [0.717, 1.165) is 31.9 Å². The molecule has 5 heteroatoms. The van der Waals surface area contributed by atoms with Gasteiger partial charge in [0.05, 0.1) is 0 Å². The highest BCUT2D eigenvalue weighted by atomic mass is 28.5. The van der Waals surface area contributed by atoms with Gasteiger partial charge in [0.2, 0.25) is 0 Å². The van der Waals surface area contributed by atoms with Crippen LogP contribution < -0.4 is 20.7 Å². The highest BCUT2D eigenvalue weighted by molar-refractivity contribution is 7.04. The Morgan fingerprint density at radius 2 is 0.757 bits per heavy atom. The van der Waals surface area contributed by atoms with E-state index >= 15 is 0 Å². The summed E-state index contributed by atoms with van der Waals surface area (Å²) in [5.41, 5.74) is 0. The van der Waals surface area contributed by atoms with E-state index in [0.29, 0.717) is 10.4 Å². The van der Waals surface area contributed by atoms with Gasteiger partial charge >= 0.3 is 17.1 Å². The van der Waals surface area contributed by atoms with Crippen molar-refractivity contribution in [3.63, 3.8) is 0 Å². The number of rotatable bonds is 6. The Morgan fingerprint density at radius 1 is 0.378 bits per heavy atom. The molecule has 6 aromatic rings. The normalized spacial score (nSPS) is 12.2. The summed E-state index contributed by atoms with van der Waals surface area (Å²) in [5.74, 6) is 0. The minimum Gasteiger partial charge on any atom is -0.404 e. The van der Waals surface area contributed by atoms with Gasteiger partial charge in [-0.25, -0.2) is 0 Å². The van der Waals surface area contributed by atoms with Crippen LogP contribution in [0.3, 0.4) is 0 Å². The Labute approximate surface area is 218 Å². The molecule has 2 N–H and O–H groups in total. The van der Waals surface area contributed by atoms with E-state index in [-0.39, 0.29) is 0 Å². The van der Waals surface area contributed by atoms with Crippen molar-refractivity contribution in [3.05, 3.63) is 146 Å². The molecule has 0 radical (unpaired) electrons. The van der Waals surface area contributed by atoms with Crippen LogP contribution in [0.25, 0.3) is 21.5 Å². The van der Waals surface area contributed by atoms with Gasteiger partial charge in [0.25, 0.3) is 0 Å². The van der Waals surface area contributed by atoms with Crippen LogP contribution in [0.1, 0.15) is 0 Å². The van der Waals surface area contributed by atoms with Crippen molar-refractivity contribution in [2.75, 3.05) is 0 Å². The van der Waals surface area contributed by atoms with Crippen molar-refractivity contribution in [3.8, 4) is 0 Å². The first-order chi connectivity index (χ1) is 18.1. The molecule has 0 aliphatic rings. The smallest absolute Gasteiger partial charge is 0.397 e. The molecule has 0 amide bonds. The molecular weight excluding hydrogens is 489 g/mol. The first-order valence-corrected chi connectivity index (χ1v) is 16.0. The molecule has 0 saturated heterocycles. The number of hydrogen-bond donors (Lipinski definition) is 2. The van der Waals surface area contributed by atoms with E-state index in [1.165, 1.54) is 0 Å². The first-order valence-electron chi connectivity index (χ1n) is 12.3. The molecule has 0 aliphatic carbocycles. The van der Waals surface area contributed by atoms with Crippen molar-refractivity contribution in [2.45, 2.75) is 0 Å². The maximum absolute atomic E-state index is 13.0. The summed E-state index contributed by atoms with van der Waals surface area (Å²) in [6.07, 6.45) is 0. The highest BCUT2D eigenvalue weighted by Gasteiger charge is 2.51. The third kappa shape index (κ3) is 4.13. The summed E-state index contributed by atoms with van der Waals surface area (Å²) >= 11 is 0. The fourth-order valence-corrected chi connectivity index (χ4v) is 12.4. The van der Waals surface area contributed by atoms with Gasteiger partial charge in [-0.05, 0) is 31.9 Å². The predicted molar refractivity (Wildman–Crippen MR) is 156 cm³/mol. The van der Waals surface area contributed by atoms with Gasteiger partial charge in [-0.1, -0.05) is 146 Å². The molecule has 6 aromatic carbocycles. The van der Waals surface area contributed by atoms with Gasteiger partial charge in [0.1, 0.15) is 0 Å². The lowest BCUT2D eigenvalue weighted by Gasteiger charge is -2.36. The molecule has 0 aliphatic heterocycles. The molecule has 3 nitrogen and oxygen atoms in total. The number of hydrogen-bond acceptors (Lipinski definition) is 3. The topological polar surface area (TPSA) is 49.7 Å². The second kappa shape index (κ2) is 9.55. The van der Waals surface area contributed by atoms with Crippen LogP contribution >= 0.6 is 0 Å². The lowest BCUT2D eigenvalue weighted by Crippen LogP contribution is -2.73. The van der Waals surface area contributed by atoms with Crippen LogP contribution in [-0.4, -0.2) is 26.7 Å². The zero-order valence-electron chi connectivity index (χ0n) is 20.2. The third-order valence-corrected chi connectivity index (χ3v) is 13.9.